The van der Waals surface area contributed by atoms with Gasteiger partial charge in [-0.1, -0.05) is 53.0 Å². The van der Waals surface area contributed by atoms with Gasteiger partial charge in [-0.2, -0.15) is 5.10 Å². The zero-order chi connectivity index (χ0) is 18.0. The molecule has 0 radical (unpaired) electrons. The summed E-state index contributed by atoms with van der Waals surface area (Å²) in [5.41, 5.74) is 2.23. The van der Waals surface area contributed by atoms with E-state index in [1.54, 1.807) is 16.9 Å². The molecule has 0 atom stereocenters. The van der Waals surface area contributed by atoms with E-state index in [1.165, 1.54) is 18.2 Å². The average Bonchev–Trinajstić information content (AvgIpc) is 2.96. The van der Waals surface area contributed by atoms with Gasteiger partial charge in [0.1, 0.15) is 4.90 Å². The number of aromatic nitrogens is 2. The van der Waals surface area contributed by atoms with Crippen LogP contribution < -0.4 is 4.72 Å². The first kappa shape index (κ1) is 17.8. The summed E-state index contributed by atoms with van der Waals surface area (Å²) < 4.78 is 29.0. The highest BCUT2D eigenvalue weighted by atomic mass is 35.5. The Morgan fingerprint density at radius 2 is 1.92 bits per heavy atom. The van der Waals surface area contributed by atoms with Gasteiger partial charge in [0.15, 0.2) is 5.82 Å². The first-order chi connectivity index (χ1) is 11.8. The SMILES string of the molecule is Cc1cccc(Cn2ccc(NS(=O)(=O)c3cc(Cl)ccc3Cl)n2)c1. The fraction of sp³-hybridized carbons (Fsp3) is 0.118. The van der Waals surface area contributed by atoms with Crippen molar-refractivity contribution in [2.24, 2.45) is 0 Å². The van der Waals surface area contributed by atoms with Gasteiger partial charge in [-0.25, -0.2) is 8.42 Å². The standard InChI is InChI=1S/C17H15Cl2N3O2S/c1-12-3-2-4-13(9-12)11-22-8-7-17(20-22)21-25(23,24)16-10-14(18)5-6-15(16)19/h2-10H,11H2,1H3,(H,20,21). The van der Waals surface area contributed by atoms with Crippen LogP contribution in [0.2, 0.25) is 10.0 Å². The Bertz CT molecular complexity index is 1020. The van der Waals surface area contributed by atoms with Crippen LogP contribution in [-0.2, 0) is 16.6 Å². The van der Waals surface area contributed by atoms with E-state index in [-0.39, 0.29) is 20.8 Å². The number of hydrogen-bond donors (Lipinski definition) is 1. The predicted molar refractivity (Wildman–Crippen MR) is 99.8 cm³/mol. The summed E-state index contributed by atoms with van der Waals surface area (Å²) in [6.45, 7) is 2.56. The van der Waals surface area contributed by atoms with Gasteiger partial charge in [-0.15, -0.1) is 0 Å². The molecule has 0 aliphatic rings. The molecule has 8 heteroatoms. The summed E-state index contributed by atoms with van der Waals surface area (Å²) in [6.07, 6.45) is 1.71. The summed E-state index contributed by atoms with van der Waals surface area (Å²) in [7, 11) is -3.87. The molecule has 0 saturated carbocycles. The van der Waals surface area contributed by atoms with Crippen molar-refractivity contribution in [1.29, 1.82) is 0 Å². The number of aryl methyl sites for hydroxylation is 1. The van der Waals surface area contributed by atoms with Crippen molar-refractivity contribution in [2.75, 3.05) is 4.72 Å². The number of anilines is 1. The number of hydrogen-bond acceptors (Lipinski definition) is 3. The molecule has 0 aliphatic carbocycles. The third kappa shape index (κ3) is 4.34. The molecule has 0 bridgehead atoms. The highest BCUT2D eigenvalue weighted by Gasteiger charge is 2.19. The predicted octanol–water partition coefficient (Wildman–Crippen LogP) is 4.35. The van der Waals surface area contributed by atoms with Gasteiger partial charge in [-0.05, 0) is 30.7 Å². The lowest BCUT2D eigenvalue weighted by molar-refractivity contribution is 0.600. The van der Waals surface area contributed by atoms with Crippen LogP contribution in [0.25, 0.3) is 0 Å². The van der Waals surface area contributed by atoms with Crippen LogP contribution in [0.3, 0.4) is 0 Å². The van der Waals surface area contributed by atoms with Crippen molar-refractivity contribution in [2.45, 2.75) is 18.4 Å². The zero-order valence-electron chi connectivity index (χ0n) is 13.3. The molecule has 0 fully saturated rings. The van der Waals surface area contributed by atoms with Crippen molar-refractivity contribution in [1.82, 2.24) is 9.78 Å². The Labute approximate surface area is 156 Å². The second-order valence-electron chi connectivity index (χ2n) is 5.57. The highest BCUT2D eigenvalue weighted by molar-refractivity contribution is 7.92. The van der Waals surface area contributed by atoms with Crippen LogP contribution in [0.4, 0.5) is 5.82 Å². The summed E-state index contributed by atoms with van der Waals surface area (Å²) in [4.78, 5) is -0.0881. The molecule has 1 heterocycles. The maximum Gasteiger partial charge on any atom is 0.264 e. The lowest BCUT2D eigenvalue weighted by Crippen LogP contribution is -2.14. The second-order valence-corrected chi connectivity index (χ2v) is 8.06. The fourth-order valence-corrected chi connectivity index (χ4v) is 4.14. The Balaban J connectivity index is 1.80. The molecule has 0 saturated heterocycles. The van der Waals surface area contributed by atoms with E-state index in [2.05, 4.69) is 15.9 Å². The minimum atomic E-state index is -3.87. The van der Waals surface area contributed by atoms with E-state index in [9.17, 15) is 8.42 Å². The Hall–Kier alpha value is -2.02. The van der Waals surface area contributed by atoms with Crippen molar-refractivity contribution in [3.05, 3.63) is 75.9 Å². The molecule has 2 aromatic carbocycles. The van der Waals surface area contributed by atoms with Gasteiger partial charge < -0.3 is 0 Å². The molecule has 0 unspecified atom stereocenters. The normalized spacial score (nSPS) is 11.5. The molecule has 1 N–H and O–H groups in total. The van der Waals surface area contributed by atoms with Gasteiger partial charge in [0.05, 0.1) is 11.6 Å². The molecule has 0 spiro atoms. The second kappa shape index (κ2) is 7.07. The first-order valence-corrected chi connectivity index (χ1v) is 9.64. The molecule has 0 amide bonds. The molecule has 25 heavy (non-hydrogen) atoms. The maximum atomic E-state index is 12.5. The number of rotatable bonds is 5. The van der Waals surface area contributed by atoms with E-state index in [0.29, 0.717) is 6.54 Å². The number of halogens is 2. The third-order valence-corrected chi connectivity index (χ3v) is 5.56. The number of nitrogens with zero attached hydrogens (tertiary/aromatic N) is 2. The Kier molecular flexibility index (Phi) is 5.03. The van der Waals surface area contributed by atoms with E-state index in [1.807, 2.05) is 25.1 Å². The van der Waals surface area contributed by atoms with Crippen LogP contribution in [-0.4, -0.2) is 18.2 Å². The Morgan fingerprint density at radius 3 is 2.68 bits per heavy atom. The molecule has 130 valence electrons. The van der Waals surface area contributed by atoms with Crippen molar-refractivity contribution in [3.8, 4) is 0 Å². The van der Waals surface area contributed by atoms with Crippen LogP contribution >= 0.6 is 23.2 Å². The third-order valence-electron chi connectivity index (χ3n) is 3.49. The van der Waals surface area contributed by atoms with Crippen molar-refractivity contribution < 1.29 is 8.42 Å². The van der Waals surface area contributed by atoms with Crippen LogP contribution in [0.15, 0.2) is 59.6 Å². The topological polar surface area (TPSA) is 64.0 Å². The van der Waals surface area contributed by atoms with E-state index in [4.69, 9.17) is 23.2 Å². The number of sulfonamides is 1. The fourth-order valence-electron chi connectivity index (χ4n) is 2.38. The Morgan fingerprint density at radius 1 is 1.12 bits per heavy atom. The molecular formula is C17H15Cl2N3O2S. The van der Waals surface area contributed by atoms with E-state index >= 15 is 0 Å². The summed E-state index contributed by atoms with van der Waals surface area (Å²) in [5.74, 6) is 0.212. The smallest absolute Gasteiger partial charge is 0.264 e. The van der Waals surface area contributed by atoms with Gasteiger partial charge in [0, 0.05) is 17.3 Å². The largest absolute Gasteiger partial charge is 0.266 e. The van der Waals surface area contributed by atoms with Crippen LogP contribution in [0.1, 0.15) is 11.1 Å². The van der Waals surface area contributed by atoms with Crippen LogP contribution in [0.5, 0.6) is 0 Å². The molecule has 5 nitrogen and oxygen atoms in total. The number of nitrogens with one attached hydrogen (secondary N) is 1. The molecule has 1 aromatic heterocycles. The number of benzene rings is 2. The van der Waals surface area contributed by atoms with E-state index in [0.717, 1.165) is 11.1 Å². The van der Waals surface area contributed by atoms with Crippen LogP contribution in [0, 0.1) is 6.92 Å². The van der Waals surface area contributed by atoms with E-state index < -0.39 is 10.0 Å². The van der Waals surface area contributed by atoms with Gasteiger partial charge >= 0.3 is 0 Å². The lowest BCUT2D eigenvalue weighted by atomic mass is 10.1. The molecular weight excluding hydrogens is 381 g/mol. The first-order valence-electron chi connectivity index (χ1n) is 7.40. The zero-order valence-corrected chi connectivity index (χ0v) is 15.6. The van der Waals surface area contributed by atoms with Crippen molar-refractivity contribution in [3.63, 3.8) is 0 Å². The molecule has 3 aromatic rings. The summed E-state index contributed by atoms with van der Waals surface area (Å²) in [5, 5.41) is 4.63. The minimum absolute atomic E-state index is 0.0881. The van der Waals surface area contributed by atoms with Gasteiger partial charge in [0.25, 0.3) is 10.0 Å². The highest BCUT2D eigenvalue weighted by Crippen LogP contribution is 2.26. The quantitative estimate of drug-likeness (QED) is 0.698. The van der Waals surface area contributed by atoms with Gasteiger partial charge in [0.2, 0.25) is 0 Å². The summed E-state index contributed by atoms with van der Waals surface area (Å²) in [6, 6.07) is 13.9. The summed E-state index contributed by atoms with van der Waals surface area (Å²) >= 11 is 11.8. The van der Waals surface area contributed by atoms with Crippen molar-refractivity contribution >= 4 is 39.0 Å². The lowest BCUT2D eigenvalue weighted by Gasteiger charge is -2.08. The average molecular weight is 396 g/mol. The van der Waals surface area contributed by atoms with Gasteiger partial charge in [-0.3, -0.25) is 9.40 Å². The molecule has 0 aliphatic heterocycles. The monoisotopic (exact) mass is 395 g/mol. The minimum Gasteiger partial charge on any atom is -0.266 e. The maximum absolute atomic E-state index is 12.5. The molecule has 3 rings (SSSR count).